The van der Waals surface area contributed by atoms with Gasteiger partial charge in [-0.2, -0.15) is 16.8 Å². The molecule has 0 amide bonds. The van der Waals surface area contributed by atoms with Crippen molar-refractivity contribution in [1.82, 2.24) is 0 Å². The number of ketones is 2. The highest BCUT2D eigenvalue weighted by Gasteiger charge is 2.60. The first-order valence-corrected chi connectivity index (χ1v) is 32.2. The van der Waals surface area contributed by atoms with E-state index in [0.717, 1.165) is 36.4 Å². The highest BCUT2D eigenvalue weighted by Crippen LogP contribution is 2.40. The number of benzene rings is 3. The molecule has 0 aliphatic carbocycles. The normalized spacial score (nSPS) is 44.4. The number of rotatable bonds is 6. The van der Waals surface area contributed by atoms with Gasteiger partial charge in [0.25, 0.3) is 20.2 Å². The van der Waals surface area contributed by atoms with E-state index in [-0.39, 0.29) is 22.3 Å². The van der Waals surface area contributed by atoms with Gasteiger partial charge in [0.2, 0.25) is 0 Å². The number of carbonyl (C=O) groups excluding carboxylic acids is 2. The topological polar surface area (TPSA) is 555 Å². The van der Waals surface area contributed by atoms with E-state index < -0.39 is 265 Å². The number of hydrogen-bond acceptors (Lipinski definition) is 36. The van der Waals surface area contributed by atoms with Gasteiger partial charge in [-0.1, -0.05) is 48.5 Å². The average molecular weight is 1380 g/mol. The van der Waals surface area contributed by atoms with Gasteiger partial charge in [-0.25, -0.2) is 0 Å². The molecule has 3 aromatic carbocycles. The minimum atomic E-state index is -5.37. The summed E-state index contributed by atoms with van der Waals surface area (Å²) < 4.78 is 140. The van der Waals surface area contributed by atoms with Gasteiger partial charge in [0.15, 0.2) is 61.5 Å². The van der Waals surface area contributed by atoms with E-state index in [2.05, 4.69) is 0 Å². The SMILES string of the molecule is O=C1c2ccc(cc2)C(=O)c2cccc(c2)S(=O)(=O)O[C@H]2C3OC(CO)C(O[C@H]4O[C@H](CO)[C@@H](O[C@H]5O[C@H](CO)[C@@H](O[C@H]6O[C@H](CO)[C@@H](O[C@H]7O[C@H](CO)[C@@H](O[C@H]8O[C@H](CO)[C@@H](O3)[C@H](O)[C@H]8O)[C@@H](O)[C@H]7OS(=O)(=O)c3cccc1c3)[C@H](O)[C@H]6O)[C@H](O)[C@H]5O)[C@H](O)[C@H]4O)[C@H]2O. The molecule has 94 heavy (non-hydrogen) atoms. The van der Waals surface area contributed by atoms with Gasteiger partial charge in [0, 0.05) is 22.3 Å². The first-order valence-electron chi connectivity index (χ1n) is 29.3. The van der Waals surface area contributed by atoms with Crippen LogP contribution in [0.3, 0.4) is 0 Å². The van der Waals surface area contributed by atoms with Crippen molar-refractivity contribution in [3.05, 3.63) is 95.1 Å². The van der Waals surface area contributed by atoms with Crippen molar-refractivity contribution >= 4 is 31.8 Å². The lowest BCUT2D eigenvalue weighted by Gasteiger charge is -2.51. The Kier molecular flexibility index (Phi) is 21.8. The van der Waals surface area contributed by atoms with Gasteiger partial charge in [0.1, 0.15) is 134 Å². The summed E-state index contributed by atoms with van der Waals surface area (Å²) in [5.41, 5.74) is -0.901. The number of ether oxygens (including phenoxy) is 12. The molecule has 16 fully saturated rings. The van der Waals surface area contributed by atoms with Gasteiger partial charge >= 0.3 is 0 Å². The minimum Gasteiger partial charge on any atom is -0.394 e. The number of aliphatic hydroxyl groups is 16. The quantitative estimate of drug-likeness (QED) is 0.102. The largest absolute Gasteiger partial charge is 0.394 e. The van der Waals surface area contributed by atoms with Crippen LogP contribution in [0.25, 0.3) is 0 Å². The van der Waals surface area contributed by atoms with Crippen LogP contribution in [0.1, 0.15) is 31.8 Å². The van der Waals surface area contributed by atoms with Crippen molar-refractivity contribution in [3.63, 3.8) is 0 Å². The third kappa shape index (κ3) is 13.7. The zero-order chi connectivity index (χ0) is 67.6. The van der Waals surface area contributed by atoms with E-state index in [1.54, 1.807) is 0 Å². The molecular weight excluding hydrogens is 1310 g/mol. The Morgan fingerprint density at radius 1 is 0.277 bits per heavy atom. The van der Waals surface area contributed by atoms with Crippen LogP contribution in [0.4, 0.5) is 0 Å². The summed E-state index contributed by atoms with van der Waals surface area (Å²) in [7, 11) is -10.7. The Balaban J connectivity index is 1.05. The maximum atomic E-state index is 14.6. The molecule has 3 aromatic rings. The van der Waals surface area contributed by atoms with Gasteiger partial charge < -0.3 is 139 Å². The molecule has 38 heteroatoms. The zero-order valence-corrected chi connectivity index (χ0v) is 50.3. The smallest absolute Gasteiger partial charge is 0.297 e. The van der Waals surface area contributed by atoms with Gasteiger partial charge in [-0.05, 0) is 24.3 Å². The Labute approximate surface area is 532 Å². The van der Waals surface area contributed by atoms with Crippen molar-refractivity contribution in [2.75, 3.05) is 39.6 Å². The maximum Gasteiger partial charge on any atom is 0.297 e. The number of carbonyl (C=O) groups is 2. The Morgan fingerprint density at radius 3 is 0.766 bits per heavy atom. The second-order valence-corrected chi connectivity index (χ2v) is 26.3. The predicted molar refractivity (Wildman–Crippen MR) is 294 cm³/mol. The van der Waals surface area contributed by atoms with E-state index in [4.69, 9.17) is 65.2 Å². The third-order valence-corrected chi connectivity index (χ3v) is 19.9. The highest BCUT2D eigenvalue weighted by atomic mass is 32.2. The molecule has 522 valence electrons. The lowest BCUT2D eigenvalue weighted by atomic mass is 9.94. The van der Waals surface area contributed by atoms with E-state index in [9.17, 15) is 108 Å². The standard InChI is InChI=1S/C56H70O36S2/c57-13-25-43-33(65)37(69)51(79-25)85-44-26(14-58)80-53(38(70)34(44)66)87-47-29(17-61)83-56-49(41(47)73)91-93(75,76)23-5-1-3-21(11-23)31(63)19-7-9-20(10-8-19)32(64)22-4-2-6-24(12-22)94(77,78)92-50-42(74)48(88-54-40(72)36(68)46(90-56)28(16-60)82-54)30(18-62)84-55(50)89-45-27(15-59)81-52(86-43)39(71)35(45)67/h1-12,25-30,33-62,65-74H,13-18H2/t25-,26-,27-,28-,29?,30-,33-,34-,35-,36-,37-,38-,39-,40-,41-,42-,43-,44-,45-,46-,47?,48-,49-,50-,51-,52-,53-,54-,55-,56?/m1/s1. The van der Waals surface area contributed by atoms with Gasteiger partial charge in [-0.3, -0.25) is 18.0 Å². The minimum absolute atomic E-state index is 0.133. The lowest BCUT2D eigenvalue weighted by molar-refractivity contribution is -0.402. The fourth-order valence-corrected chi connectivity index (χ4v) is 14.5. The average Bonchev–Trinajstić information content (AvgIpc) is 0.777. The van der Waals surface area contributed by atoms with Crippen molar-refractivity contribution in [3.8, 4) is 0 Å². The van der Waals surface area contributed by atoms with Crippen LogP contribution < -0.4 is 0 Å². The zero-order valence-electron chi connectivity index (χ0n) is 48.6. The third-order valence-electron chi connectivity index (χ3n) is 17.3. The van der Waals surface area contributed by atoms with Crippen LogP contribution in [0.2, 0.25) is 0 Å². The maximum absolute atomic E-state index is 14.6. The Bertz CT molecular complexity index is 3320. The summed E-state index contributed by atoms with van der Waals surface area (Å²) in [6.45, 7) is -7.13. The second kappa shape index (κ2) is 28.9. The predicted octanol–water partition coefficient (Wildman–Crippen LogP) is -9.45. The van der Waals surface area contributed by atoms with E-state index in [0.29, 0.717) is 0 Å². The molecule has 20 heterocycles. The molecule has 20 bridgehead atoms. The second-order valence-electron chi connectivity index (χ2n) is 23.2. The molecular formula is C56H70O36S2. The van der Waals surface area contributed by atoms with Crippen LogP contribution in [0.5, 0.6) is 0 Å². The molecule has 0 radical (unpaired) electrons. The number of hydrogen-bond donors (Lipinski definition) is 16. The summed E-state index contributed by atoms with van der Waals surface area (Å²) in [6, 6.07) is 13.0. The van der Waals surface area contributed by atoms with Crippen LogP contribution in [0, 0.1) is 0 Å². The van der Waals surface area contributed by atoms with Crippen LogP contribution >= 0.6 is 0 Å². The van der Waals surface area contributed by atoms with E-state index in [1.807, 2.05) is 0 Å². The van der Waals surface area contributed by atoms with Crippen molar-refractivity contribution in [1.29, 1.82) is 0 Å². The van der Waals surface area contributed by atoms with Gasteiger partial charge in [0.05, 0.1) is 49.4 Å². The molecule has 20 aliphatic rings. The molecule has 0 spiro atoms. The Morgan fingerprint density at radius 2 is 0.511 bits per heavy atom. The molecule has 16 N–H and O–H groups in total. The molecule has 3 unspecified atom stereocenters. The van der Waals surface area contributed by atoms with Crippen molar-refractivity contribution in [2.45, 2.75) is 194 Å². The molecule has 30 atom stereocenters. The lowest BCUT2D eigenvalue weighted by Crippen LogP contribution is -2.69. The summed E-state index contributed by atoms with van der Waals surface area (Å²) in [4.78, 5) is 26.6. The molecule has 20 aliphatic heterocycles. The molecule has 36 nitrogen and oxygen atoms in total. The highest BCUT2D eigenvalue weighted by molar-refractivity contribution is 7.87. The number of aliphatic hydroxyl groups excluding tert-OH is 16. The summed E-state index contributed by atoms with van der Waals surface area (Å²) >= 11 is 0. The van der Waals surface area contributed by atoms with Gasteiger partial charge in [-0.15, -0.1) is 0 Å². The monoisotopic (exact) mass is 1380 g/mol. The summed E-state index contributed by atoms with van der Waals surface area (Å²) in [6.07, 6.45) is -66.9. The fraction of sp³-hybridized carbons (Fsp3) is 0.643. The first-order chi connectivity index (χ1) is 44.8. The van der Waals surface area contributed by atoms with Crippen LogP contribution in [-0.4, -0.2) is 334 Å². The summed E-state index contributed by atoms with van der Waals surface area (Å²) in [5.74, 6) is -1.69. The summed E-state index contributed by atoms with van der Waals surface area (Å²) in [5, 5.41) is 183. The molecule has 16 saturated heterocycles. The molecule has 23 rings (SSSR count). The van der Waals surface area contributed by atoms with Crippen LogP contribution in [-0.2, 0) is 85.4 Å². The van der Waals surface area contributed by atoms with Crippen LogP contribution in [0.15, 0.2) is 82.6 Å². The Hall–Kier alpha value is -4.30. The van der Waals surface area contributed by atoms with E-state index in [1.165, 1.54) is 36.4 Å². The van der Waals surface area contributed by atoms with Crippen molar-refractivity contribution < 1.29 is 173 Å². The molecule has 0 aromatic heterocycles. The van der Waals surface area contributed by atoms with Crippen molar-refractivity contribution in [2.24, 2.45) is 0 Å². The first kappa shape index (κ1) is 71.0. The molecule has 0 saturated carbocycles. The van der Waals surface area contributed by atoms with E-state index >= 15 is 0 Å². The fourth-order valence-electron chi connectivity index (χ4n) is 12.2.